The Morgan fingerprint density at radius 3 is 2.67 bits per heavy atom. The van der Waals surface area contributed by atoms with Gasteiger partial charge in [0.1, 0.15) is 0 Å². The van der Waals surface area contributed by atoms with E-state index in [1.807, 2.05) is 6.92 Å². The normalized spacial score (nSPS) is 49.1. The van der Waals surface area contributed by atoms with Gasteiger partial charge in [0.25, 0.3) is 0 Å². The number of carbonyl (C=O) groups is 1. The molecule has 4 aliphatic rings. The lowest BCUT2D eigenvalue weighted by atomic mass is 9.44. The summed E-state index contributed by atoms with van der Waals surface area (Å²) in [5, 5.41) is 18.6. The van der Waals surface area contributed by atoms with Crippen LogP contribution < -0.4 is 0 Å². The Morgan fingerprint density at radius 1 is 1.21 bits per heavy atom. The summed E-state index contributed by atoms with van der Waals surface area (Å²) in [6, 6.07) is 0. The molecule has 132 valence electrons. The molecule has 3 heteroatoms. The molecule has 0 aliphatic heterocycles. The van der Waals surface area contributed by atoms with E-state index in [1.165, 1.54) is 12.0 Å². The smallest absolute Gasteiger partial charge is 0.176 e. The van der Waals surface area contributed by atoms with Crippen LogP contribution in [0.3, 0.4) is 0 Å². The van der Waals surface area contributed by atoms with Crippen LogP contribution in [0.2, 0.25) is 0 Å². The number of ketones is 1. The quantitative estimate of drug-likeness (QED) is 0.710. The Hall–Kier alpha value is -0.960. The first kappa shape index (κ1) is 16.5. The van der Waals surface area contributed by atoms with Crippen molar-refractivity contribution in [3.05, 3.63) is 11.6 Å². The van der Waals surface area contributed by atoms with E-state index in [-0.39, 0.29) is 28.6 Å². The number of Topliss-reactive ketones (excluding diaryl/α,β-unsaturated/α-hetero) is 1. The zero-order valence-corrected chi connectivity index (χ0v) is 15.3. The average molecular weight is 329 g/mol. The van der Waals surface area contributed by atoms with Gasteiger partial charge in [0.15, 0.2) is 5.78 Å². The van der Waals surface area contributed by atoms with E-state index in [0.29, 0.717) is 29.9 Å². The first-order valence-electron chi connectivity index (χ1n) is 9.79. The van der Waals surface area contributed by atoms with Crippen molar-refractivity contribution in [2.45, 2.75) is 71.8 Å². The molecule has 0 spiro atoms. The van der Waals surface area contributed by atoms with Gasteiger partial charge in [-0.05, 0) is 79.6 Å². The Morgan fingerprint density at radius 2 is 1.96 bits per heavy atom. The molecule has 0 aromatic heterocycles. The number of hydrogen-bond donors (Lipinski definition) is 2. The van der Waals surface area contributed by atoms with E-state index in [4.69, 9.17) is 5.41 Å². The largest absolute Gasteiger partial charge is 0.389 e. The lowest BCUT2D eigenvalue weighted by Gasteiger charge is -2.60. The van der Waals surface area contributed by atoms with Crippen molar-refractivity contribution < 1.29 is 9.90 Å². The third kappa shape index (κ3) is 2.00. The number of aliphatic hydroxyl groups is 1. The van der Waals surface area contributed by atoms with Crippen molar-refractivity contribution in [2.24, 2.45) is 34.5 Å². The van der Waals surface area contributed by atoms with E-state index in [9.17, 15) is 9.90 Å². The molecule has 24 heavy (non-hydrogen) atoms. The summed E-state index contributed by atoms with van der Waals surface area (Å²) in [5.41, 5.74) is 1.99. The molecule has 3 saturated carbocycles. The molecule has 7 atom stereocenters. The molecule has 4 rings (SSSR count). The standard InChI is InChI=1S/C21H31NO2/c1-12(23)14-6-7-15-13-4-5-17-19(22)18(24)9-11-21(17,3)16(13)8-10-20(14,15)2/h6,12-13,15-17,22-23H,4-5,7-11H2,1-3H3/t12-,13+,15+,16+,17?,20-,21-/m1/s1. The Bertz CT molecular complexity index is 621. The number of hydrogen-bond acceptors (Lipinski definition) is 3. The van der Waals surface area contributed by atoms with Crippen LogP contribution in [-0.2, 0) is 4.79 Å². The van der Waals surface area contributed by atoms with Crippen molar-refractivity contribution in [3.8, 4) is 0 Å². The van der Waals surface area contributed by atoms with Crippen molar-refractivity contribution in [1.29, 1.82) is 5.41 Å². The van der Waals surface area contributed by atoms with Crippen molar-refractivity contribution in [3.63, 3.8) is 0 Å². The van der Waals surface area contributed by atoms with Crippen LogP contribution in [0.5, 0.6) is 0 Å². The van der Waals surface area contributed by atoms with Crippen LogP contribution in [0.1, 0.15) is 65.7 Å². The molecule has 0 radical (unpaired) electrons. The second kappa shape index (κ2) is 5.27. The third-order valence-electron chi connectivity index (χ3n) is 8.50. The summed E-state index contributed by atoms with van der Waals surface area (Å²) in [6.07, 6.45) is 9.15. The molecule has 0 aromatic rings. The fourth-order valence-corrected chi connectivity index (χ4v) is 7.25. The fraction of sp³-hybridized carbons (Fsp3) is 0.810. The zero-order valence-electron chi connectivity index (χ0n) is 15.3. The predicted octanol–water partition coefficient (Wildman–Crippen LogP) is 4.14. The van der Waals surface area contributed by atoms with Gasteiger partial charge in [-0.15, -0.1) is 0 Å². The minimum absolute atomic E-state index is 0.0931. The molecular formula is C21H31NO2. The topological polar surface area (TPSA) is 61.1 Å². The fourth-order valence-electron chi connectivity index (χ4n) is 7.25. The zero-order chi connectivity index (χ0) is 17.3. The van der Waals surface area contributed by atoms with Crippen LogP contribution >= 0.6 is 0 Å². The maximum atomic E-state index is 12.0. The van der Waals surface area contributed by atoms with Gasteiger partial charge < -0.3 is 10.5 Å². The summed E-state index contributed by atoms with van der Waals surface area (Å²) in [5.74, 6) is 2.26. The Kier molecular flexibility index (Phi) is 3.62. The lowest BCUT2D eigenvalue weighted by Crippen LogP contribution is -2.56. The summed E-state index contributed by atoms with van der Waals surface area (Å²) in [6.45, 7) is 6.66. The number of fused-ring (bicyclic) bond motifs is 5. The van der Waals surface area contributed by atoms with E-state index in [1.54, 1.807) is 0 Å². The lowest BCUT2D eigenvalue weighted by molar-refractivity contribution is -0.121. The highest BCUT2D eigenvalue weighted by Gasteiger charge is 2.59. The van der Waals surface area contributed by atoms with Crippen molar-refractivity contribution in [1.82, 2.24) is 0 Å². The SMILES string of the molecule is C[C@@H](O)C1=CC[C@H]2[C@@H]3CCC4C(=N)C(=O)CC[C@]4(C)[C@H]3CC[C@]12C. The van der Waals surface area contributed by atoms with Crippen LogP contribution in [0, 0.1) is 39.9 Å². The second-order valence-corrected chi connectivity index (χ2v) is 9.38. The summed E-state index contributed by atoms with van der Waals surface area (Å²) in [7, 11) is 0. The van der Waals surface area contributed by atoms with Gasteiger partial charge in [0.05, 0.1) is 11.8 Å². The van der Waals surface area contributed by atoms with E-state index >= 15 is 0 Å². The predicted molar refractivity (Wildman–Crippen MR) is 95.0 cm³/mol. The number of rotatable bonds is 1. The number of aliphatic hydroxyl groups excluding tert-OH is 1. The molecule has 0 aromatic carbocycles. The van der Waals surface area contributed by atoms with E-state index in [0.717, 1.165) is 32.1 Å². The molecular weight excluding hydrogens is 298 g/mol. The Labute approximate surface area is 145 Å². The van der Waals surface area contributed by atoms with Gasteiger partial charge in [0.2, 0.25) is 0 Å². The highest BCUT2D eigenvalue weighted by atomic mass is 16.3. The van der Waals surface area contributed by atoms with Crippen LogP contribution in [0.4, 0.5) is 0 Å². The van der Waals surface area contributed by atoms with Crippen molar-refractivity contribution in [2.75, 3.05) is 0 Å². The number of nitrogens with one attached hydrogen (secondary N) is 1. The Balaban J connectivity index is 1.65. The van der Waals surface area contributed by atoms with Gasteiger partial charge in [-0.3, -0.25) is 4.79 Å². The molecule has 0 heterocycles. The summed E-state index contributed by atoms with van der Waals surface area (Å²) >= 11 is 0. The van der Waals surface area contributed by atoms with E-state index < -0.39 is 0 Å². The molecule has 3 fully saturated rings. The number of allylic oxidation sites excluding steroid dienone is 1. The van der Waals surface area contributed by atoms with Gasteiger partial charge in [-0.1, -0.05) is 19.9 Å². The van der Waals surface area contributed by atoms with Crippen LogP contribution in [0.15, 0.2) is 11.6 Å². The van der Waals surface area contributed by atoms with Gasteiger partial charge in [-0.25, -0.2) is 0 Å². The highest BCUT2D eigenvalue weighted by molar-refractivity contribution is 6.40. The molecule has 4 aliphatic carbocycles. The van der Waals surface area contributed by atoms with Gasteiger partial charge in [0, 0.05) is 12.3 Å². The first-order valence-corrected chi connectivity index (χ1v) is 9.79. The third-order valence-corrected chi connectivity index (χ3v) is 8.50. The van der Waals surface area contributed by atoms with Crippen molar-refractivity contribution >= 4 is 11.5 Å². The maximum absolute atomic E-state index is 12.0. The summed E-state index contributed by atoms with van der Waals surface area (Å²) in [4.78, 5) is 12.0. The highest BCUT2D eigenvalue weighted by Crippen LogP contribution is 2.65. The first-order chi connectivity index (χ1) is 11.3. The molecule has 0 saturated heterocycles. The molecule has 0 amide bonds. The minimum Gasteiger partial charge on any atom is -0.389 e. The molecule has 1 unspecified atom stereocenters. The van der Waals surface area contributed by atoms with Gasteiger partial charge >= 0.3 is 0 Å². The van der Waals surface area contributed by atoms with Gasteiger partial charge in [-0.2, -0.15) is 0 Å². The second-order valence-electron chi connectivity index (χ2n) is 9.38. The molecule has 3 nitrogen and oxygen atoms in total. The minimum atomic E-state index is -0.330. The molecule has 2 N–H and O–H groups in total. The maximum Gasteiger partial charge on any atom is 0.176 e. The monoisotopic (exact) mass is 329 g/mol. The van der Waals surface area contributed by atoms with Crippen LogP contribution in [0.25, 0.3) is 0 Å². The van der Waals surface area contributed by atoms with E-state index in [2.05, 4.69) is 19.9 Å². The van der Waals surface area contributed by atoms with Crippen LogP contribution in [-0.4, -0.2) is 22.7 Å². The summed E-state index contributed by atoms with van der Waals surface area (Å²) < 4.78 is 0. The molecule has 0 bridgehead atoms. The average Bonchev–Trinajstić information content (AvgIpc) is 2.89. The number of carbonyl (C=O) groups excluding carboxylic acids is 1.